The lowest BCUT2D eigenvalue weighted by Crippen LogP contribution is -2.37. The molecule has 2 aromatic heterocycles. The highest BCUT2D eigenvalue weighted by molar-refractivity contribution is 5.97. The van der Waals surface area contributed by atoms with Crippen LogP contribution in [0, 0.1) is 12.7 Å². The Morgan fingerprint density at radius 3 is 2.69 bits per heavy atom. The minimum Gasteiger partial charge on any atom is -0.353 e. The fourth-order valence-corrected chi connectivity index (χ4v) is 3.69. The quantitative estimate of drug-likeness (QED) is 0.710. The molecule has 1 amide bonds. The summed E-state index contributed by atoms with van der Waals surface area (Å²) in [6.45, 7) is 3.27. The van der Waals surface area contributed by atoms with E-state index in [4.69, 9.17) is 0 Å². The molecule has 1 aliphatic rings. The number of halogens is 1. The van der Waals surface area contributed by atoms with E-state index in [9.17, 15) is 14.0 Å². The Kier molecular flexibility index (Phi) is 4.92. The predicted molar refractivity (Wildman–Crippen MR) is 108 cm³/mol. The third-order valence-corrected chi connectivity index (χ3v) is 5.43. The predicted octanol–water partition coefficient (Wildman–Crippen LogP) is 2.23. The maximum Gasteiger partial charge on any atom is 0.264 e. The molecule has 4 rings (SSSR count). The molecule has 3 heterocycles. The fourth-order valence-electron chi connectivity index (χ4n) is 3.69. The first kappa shape index (κ1) is 18.9. The molecule has 1 aromatic carbocycles. The van der Waals surface area contributed by atoms with E-state index < -0.39 is 0 Å². The Hall–Kier alpha value is -3.42. The van der Waals surface area contributed by atoms with Gasteiger partial charge in [-0.3, -0.25) is 9.59 Å². The maximum absolute atomic E-state index is 13.2. The molecule has 2 N–H and O–H groups in total. The number of nitrogens with one attached hydrogen (secondary N) is 2. The highest BCUT2D eigenvalue weighted by atomic mass is 19.1. The SMILES string of the molecule is Cc1c(C(=O)NC2CCN(c3ccc(=O)[nH]n3)C2)cc(-c2ccc(F)cc2)n1C. The number of hydrogen-bond donors (Lipinski definition) is 2. The molecule has 0 saturated carbocycles. The van der Waals surface area contributed by atoms with Gasteiger partial charge in [-0.25, -0.2) is 9.49 Å². The van der Waals surface area contributed by atoms with Gasteiger partial charge in [0.05, 0.1) is 5.56 Å². The van der Waals surface area contributed by atoms with Crippen LogP contribution in [0.2, 0.25) is 0 Å². The summed E-state index contributed by atoms with van der Waals surface area (Å²) in [5.74, 6) is 0.268. The lowest BCUT2D eigenvalue weighted by molar-refractivity contribution is 0.0939. The molecule has 0 bridgehead atoms. The number of benzene rings is 1. The van der Waals surface area contributed by atoms with E-state index in [-0.39, 0.29) is 23.3 Å². The summed E-state index contributed by atoms with van der Waals surface area (Å²) in [7, 11) is 1.89. The van der Waals surface area contributed by atoms with E-state index in [1.54, 1.807) is 18.2 Å². The summed E-state index contributed by atoms with van der Waals surface area (Å²) in [6.07, 6.45) is 0.795. The number of aromatic nitrogens is 3. The van der Waals surface area contributed by atoms with Gasteiger partial charge in [-0.1, -0.05) is 0 Å². The van der Waals surface area contributed by atoms with Crippen molar-refractivity contribution < 1.29 is 9.18 Å². The topological polar surface area (TPSA) is 83.0 Å². The molecule has 3 aromatic rings. The van der Waals surface area contributed by atoms with Crippen LogP contribution in [-0.2, 0) is 7.05 Å². The largest absolute Gasteiger partial charge is 0.353 e. The highest BCUT2D eigenvalue weighted by Gasteiger charge is 2.26. The highest BCUT2D eigenvalue weighted by Crippen LogP contribution is 2.25. The molecule has 1 unspecified atom stereocenters. The Labute approximate surface area is 167 Å². The summed E-state index contributed by atoms with van der Waals surface area (Å²) < 4.78 is 15.2. The van der Waals surface area contributed by atoms with Crippen LogP contribution in [0.25, 0.3) is 11.3 Å². The first-order valence-corrected chi connectivity index (χ1v) is 9.46. The minimum absolute atomic E-state index is 0.00916. The van der Waals surface area contributed by atoms with Crippen molar-refractivity contribution in [1.29, 1.82) is 0 Å². The number of rotatable bonds is 4. The normalized spacial score (nSPS) is 16.2. The molecular formula is C21H22FN5O2. The van der Waals surface area contributed by atoms with E-state index in [0.29, 0.717) is 17.9 Å². The summed E-state index contributed by atoms with van der Waals surface area (Å²) in [4.78, 5) is 26.1. The van der Waals surface area contributed by atoms with Crippen LogP contribution < -0.4 is 15.8 Å². The number of amides is 1. The number of hydrogen-bond acceptors (Lipinski definition) is 4. The monoisotopic (exact) mass is 395 g/mol. The third kappa shape index (κ3) is 3.78. The van der Waals surface area contributed by atoms with Crippen molar-refractivity contribution in [2.45, 2.75) is 19.4 Å². The number of H-pyrrole nitrogens is 1. The van der Waals surface area contributed by atoms with Crippen molar-refractivity contribution in [3.05, 3.63) is 69.9 Å². The van der Waals surface area contributed by atoms with Crippen molar-refractivity contribution in [2.24, 2.45) is 7.05 Å². The van der Waals surface area contributed by atoms with Gasteiger partial charge in [-0.05, 0) is 55.3 Å². The number of anilines is 1. The zero-order valence-corrected chi connectivity index (χ0v) is 16.3. The van der Waals surface area contributed by atoms with Crippen molar-refractivity contribution in [3.8, 4) is 11.3 Å². The zero-order valence-electron chi connectivity index (χ0n) is 16.3. The second-order valence-electron chi connectivity index (χ2n) is 7.28. The second-order valence-corrected chi connectivity index (χ2v) is 7.28. The molecule has 1 aliphatic heterocycles. The molecule has 7 nitrogen and oxygen atoms in total. The molecule has 1 atom stereocenters. The second kappa shape index (κ2) is 7.54. The lowest BCUT2D eigenvalue weighted by atomic mass is 10.1. The maximum atomic E-state index is 13.2. The summed E-state index contributed by atoms with van der Waals surface area (Å²) >= 11 is 0. The fraction of sp³-hybridized carbons (Fsp3) is 0.286. The lowest BCUT2D eigenvalue weighted by Gasteiger charge is -2.17. The van der Waals surface area contributed by atoms with E-state index in [0.717, 1.165) is 29.9 Å². The average molecular weight is 395 g/mol. The molecule has 1 fully saturated rings. The smallest absolute Gasteiger partial charge is 0.264 e. The third-order valence-electron chi connectivity index (χ3n) is 5.43. The van der Waals surface area contributed by atoms with Crippen molar-refractivity contribution in [2.75, 3.05) is 18.0 Å². The van der Waals surface area contributed by atoms with E-state index >= 15 is 0 Å². The Morgan fingerprint density at radius 2 is 2.00 bits per heavy atom. The molecule has 29 heavy (non-hydrogen) atoms. The first-order valence-electron chi connectivity index (χ1n) is 9.46. The van der Waals surface area contributed by atoms with Crippen LogP contribution in [0.4, 0.5) is 10.2 Å². The van der Waals surface area contributed by atoms with Gasteiger partial charge in [0.15, 0.2) is 0 Å². The number of carbonyl (C=O) groups is 1. The van der Waals surface area contributed by atoms with Gasteiger partial charge < -0.3 is 14.8 Å². The van der Waals surface area contributed by atoms with Crippen LogP contribution in [0.5, 0.6) is 0 Å². The summed E-state index contributed by atoms with van der Waals surface area (Å²) in [5.41, 5.74) is 2.92. The average Bonchev–Trinajstić information content (AvgIpc) is 3.29. The number of aromatic amines is 1. The molecule has 0 aliphatic carbocycles. The Bertz CT molecular complexity index is 1080. The Balaban J connectivity index is 1.48. The number of nitrogens with zero attached hydrogens (tertiary/aromatic N) is 3. The van der Waals surface area contributed by atoms with Gasteiger partial charge >= 0.3 is 0 Å². The van der Waals surface area contributed by atoms with Crippen molar-refractivity contribution in [3.63, 3.8) is 0 Å². The zero-order chi connectivity index (χ0) is 20.5. The van der Waals surface area contributed by atoms with Crippen molar-refractivity contribution >= 4 is 11.7 Å². The van der Waals surface area contributed by atoms with Gasteiger partial charge in [0, 0.05) is 43.6 Å². The molecule has 0 radical (unpaired) electrons. The summed E-state index contributed by atoms with van der Waals surface area (Å²) in [6, 6.07) is 11.2. The standard InChI is InChI=1S/C21H22FN5O2/c1-13-17(11-18(26(13)2)14-3-5-15(22)6-4-14)21(29)23-16-9-10-27(12-16)19-7-8-20(28)25-24-19/h3-8,11,16H,9-10,12H2,1-2H3,(H,23,29)(H,25,28). The van der Waals surface area contributed by atoms with E-state index in [1.807, 2.05) is 29.5 Å². The number of carbonyl (C=O) groups excluding carboxylic acids is 1. The molecule has 8 heteroatoms. The van der Waals surface area contributed by atoms with Crippen molar-refractivity contribution in [1.82, 2.24) is 20.1 Å². The van der Waals surface area contributed by atoms with Gasteiger partial charge in [0.2, 0.25) is 0 Å². The van der Waals surface area contributed by atoms with Crippen LogP contribution in [0.3, 0.4) is 0 Å². The molecule has 150 valence electrons. The molecular weight excluding hydrogens is 373 g/mol. The first-order chi connectivity index (χ1) is 13.9. The van der Waals surface area contributed by atoms with Crippen LogP contribution in [-0.4, -0.2) is 39.8 Å². The van der Waals surface area contributed by atoms with Gasteiger partial charge in [-0.2, -0.15) is 5.10 Å². The summed E-state index contributed by atoms with van der Waals surface area (Å²) in [5, 5.41) is 9.57. The van der Waals surface area contributed by atoms with Gasteiger partial charge in [-0.15, -0.1) is 0 Å². The molecule has 1 saturated heterocycles. The van der Waals surface area contributed by atoms with Gasteiger partial charge in [0.25, 0.3) is 11.5 Å². The van der Waals surface area contributed by atoms with Crippen LogP contribution >= 0.6 is 0 Å². The van der Waals surface area contributed by atoms with Crippen LogP contribution in [0.15, 0.2) is 47.3 Å². The molecule has 0 spiro atoms. The van der Waals surface area contributed by atoms with E-state index in [1.165, 1.54) is 18.2 Å². The van der Waals surface area contributed by atoms with Gasteiger partial charge in [0.1, 0.15) is 11.6 Å². The Morgan fingerprint density at radius 1 is 1.24 bits per heavy atom. The van der Waals surface area contributed by atoms with E-state index in [2.05, 4.69) is 15.5 Å². The van der Waals surface area contributed by atoms with Crippen LogP contribution in [0.1, 0.15) is 22.5 Å². The minimum atomic E-state index is -0.291.